The van der Waals surface area contributed by atoms with Crippen molar-refractivity contribution in [3.05, 3.63) is 153 Å². The molecule has 0 saturated carbocycles. The predicted octanol–water partition coefficient (Wildman–Crippen LogP) is 16.2. The highest BCUT2D eigenvalue weighted by Gasteiger charge is 2.20. The van der Waals surface area contributed by atoms with Crippen molar-refractivity contribution >= 4 is 155 Å². The number of thiol groups is 1. The van der Waals surface area contributed by atoms with Gasteiger partial charge in [0.25, 0.3) is 0 Å². The van der Waals surface area contributed by atoms with Crippen LogP contribution in [0.1, 0.15) is 22.8 Å². The van der Waals surface area contributed by atoms with Gasteiger partial charge in [0.2, 0.25) is 0 Å². The van der Waals surface area contributed by atoms with Crippen LogP contribution in [0.5, 0.6) is 0 Å². The number of aromatic amines is 2. The van der Waals surface area contributed by atoms with Gasteiger partial charge in [0.15, 0.2) is 0 Å². The summed E-state index contributed by atoms with van der Waals surface area (Å²) in [4.78, 5) is 19.3. The van der Waals surface area contributed by atoms with Crippen molar-refractivity contribution in [3.8, 4) is 44.5 Å². The molecule has 2 aliphatic rings. The van der Waals surface area contributed by atoms with Gasteiger partial charge in [-0.15, -0.1) is 12.6 Å². The number of nitrogens with zero attached hydrogens (tertiary/aromatic N) is 2. The second-order valence-corrected chi connectivity index (χ2v) is 19.0. The van der Waals surface area contributed by atoms with Gasteiger partial charge >= 0.3 is 0 Å². The zero-order chi connectivity index (χ0) is 38.0. The summed E-state index contributed by atoms with van der Waals surface area (Å²) < 4.78 is 5.72. The lowest BCUT2D eigenvalue weighted by Crippen LogP contribution is -1.90. The fraction of sp³-hybridized carbons (Fsp3) is 0. The Bertz CT molecular complexity index is 2870. The maximum Gasteiger partial charge on any atom is 0.0737 e. The van der Waals surface area contributed by atoms with E-state index in [-0.39, 0.29) is 0 Å². The molecule has 2 N–H and O–H groups in total. The third-order valence-electron chi connectivity index (χ3n) is 9.38. The molecule has 11 heteroatoms. The van der Waals surface area contributed by atoms with Crippen LogP contribution in [-0.2, 0) is 0 Å². The molecule has 4 aromatic carbocycles. The molecule has 0 spiro atoms. The second kappa shape index (κ2) is 15.2. The van der Waals surface area contributed by atoms with E-state index in [1.807, 2.05) is 36.4 Å². The van der Waals surface area contributed by atoms with Crippen molar-refractivity contribution in [1.82, 2.24) is 19.9 Å². The molecular weight excluding hydrogens is 1100 g/mol. The molecule has 9 rings (SSSR count). The van der Waals surface area contributed by atoms with E-state index >= 15 is 0 Å². The van der Waals surface area contributed by atoms with Crippen molar-refractivity contribution in [2.75, 3.05) is 0 Å². The average Bonchev–Trinajstić information content (AvgIpc) is 3.95. The van der Waals surface area contributed by atoms with Crippen LogP contribution in [0.4, 0.5) is 0 Å². The molecule has 7 aromatic rings. The first-order chi connectivity index (χ1) is 26.6. The number of hydrogen-bond acceptors (Lipinski definition) is 3. The number of fused-ring (bicyclic) bond motifs is 8. The molecule has 0 radical (unpaired) electrons. The maximum atomic E-state index is 5.42. The Hall–Kier alpha value is -3.29. The van der Waals surface area contributed by atoms with Gasteiger partial charge in [-0.1, -0.05) is 114 Å². The average molecular weight is 1120 g/mol. The molecule has 0 amide bonds. The Kier molecular flexibility index (Phi) is 10.3. The van der Waals surface area contributed by atoms with Crippen molar-refractivity contribution < 1.29 is 0 Å². The lowest BCUT2D eigenvalue weighted by atomic mass is 10.0. The number of H-pyrrole nitrogens is 2. The summed E-state index contributed by atoms with van der Waals surface area (Å²) in [6.45, 7) is 0. The van der Waals surface area contributed by atoms with Crippen molar-refractivity contribution in [1.29, 1.82) is 0 Å². The molecule has 0 saturated heterocycles. The lowest BCUT2D eigenvalue weighted by Gasteiger charge is -2.09. The summed E-state index contributed by atoms with van der Waals surface area (Å²) in [6, 6.07) is 35.5. The van der Waals surface area contributed by atoms with Crippen LogP contribution < -0.4 is 0 Å². The van der Waals surface area contributed by atoms with E-state index < -0.39 is 0 Å². The molecule has 0 aliphatic carbocycles. The molecule has 2 aliphatic heterocycles. The van der Waals surface area contributed by atoms with Gasteiger partial charge in [-0.05, 0) is 131 Å². The van der Waals surface area contributed by atoms with E-state index in [9.17, 15) is 0 Å². The summed E-state index contributed by atoms with van der Waals surface area (Å²) >= 11 is 27.4. The van der Waals surface area contributed by atoms with E-state index in [2.05, 4.69) is 197 Å². The zero-order valence-electron chi connectivity index (χ0n) is 28.2. The van der Waals surface area contributed by atoms with Crippen LogP contribution in [0.2, 0.25) is 0 Å². The van der Waals surface area contributed by atoms with E-state index in [1.165, 1.54) is 0 Å². The molecule has 0 atom stereocenters. The van der Waals surface area contributed by atoms with E-state index in [4.69, 9.17) is 22.6 Å². The van der Waals surface area contributed by atoms with Crippen LogP contribution in [0.15, 0.2) is 135 Å². The third kappa shape index (κ3) is 7.38. The van der Waals surface area contributed by atoms with Gasteiger partial charge in [0.05, 0.1) is 22.8 Å². The van der Waals surface area contributed by atoms with Gasteiger partial charge in [0, 0.05) is 76.1 Å². The second-order valence-electron chi connectivity index (χ2n) is 13.0. The quantitative estimate of drug-likeness (QED) is 0.154. The SMILES string of the molecule is Sc1ccccc1-c1c2nc(c(-c3cc(Br)cc(Br)c3)c3ccc([nH]3)c(-c3cc(Br)cc(Br)c3)c3nc(c(-c4cc(Br)cc(Br)c4)c4ccc1[nH]4)C=C3)C=C2. The Morgan fingerprint density at radius 3 is 1.04 bits per heavy atom. The highest BCUT2D eigenvalue weighted by Crippen LogP contribution is 2.41. The largest absolute Gasteiger partial charge is 0.354 e. The highest BCUT2D eigenvalue weighted by molar-refractivity contribution is 9.11. The molecule has 8 bridgehead atoms. The van der Waals surface area contributed by atoms with Gasteiger partial charge in [-0.25, -0.2) is 9.97 Å². The number of rotatable bonds is 4. The maximum absolute atomic E-state index is 5.42. The molecule has 0 fully saturated rings. The van der Waals surface area contributed by atoms with Gasteiger partial charge in [-0.2, -0.15) is 0 Å². The third-order valence-corrected chi connectivity index (χ3v) is 12.5. The molecule has 55 heavy (non-hydrogen) atoms. The van der Waals surface area contributed by atoms with E-state index in [0.29, 0.717) is 0 Å². The van der Waals surface area contributed by atoms with Gasteiger partial charge in [-0.3, -0.25) is 0 Å². The Balaban J connectivity index is 1.50. The first-order valence-corrected chi connectivity index (χ1v) is 22.1. The summed E-state index contributed by atoms with van der Waals surface area (Å²) in [5.41, 5.74) is 14.7. The van der Waals surface area contributed by atoms with Crippen LogP contribution in [0.3, 0.4) is 0 Å². The summed E-state index contributed by atoms with van der Waals surface area (Å²) in [5.74, 6) is 0. The van der Waals surface area contributed by atoms with Crippen LogP contribution in [-0.4, -0.2) is 19.9 Å². The zero-order valence-corrected chi connectivity index (χ0v) is 38.6. The molecule has 4 nitrogen and oxygen atoms in total. The molecule has 0 unspecified atom stereocenters. The molecular formula is C44H24Br6N4S. The predicted molar refractivity (Wildman–Crippen MR) is 254 cm³/mol. The number of halogens is 6. The first kappa shape index (κ1) is 37.3. The molecule has 3 aromatic heterocycles. The number of hydrogen-bond donors (Lipinski definition) is 3. The molecule has 5 heterocycles. The minimum atomic E-state index is 0.821. The minimum absolute atomic E-state index is 0.821. The van der Waals surface area contributed by atoms with Crippen LogP contribution >= 0.6 is 108 Å². The first-order valence-electron chi connectivity index (χ1n) is 16.9. The number of nitrogens with one attached hydrogen (secondary N) is 2. The Labute approximate surface area is 372 Å². The highest BCUT2D eigenvalue weighted by atomic mass is 79.9. The van der Waals surface area contributed by atoms with Gasteiger partial charge in [0.1, 0.15) is 0 Å². The Morgan fingerprint density at radius 2 is 0.691 bits per heavy atom. The minimum Gasteiger partial charge on any atom is -0.354 e. The van der Waals surface area contributed by atoms with Crippen molar-refractivity contribution in [2.24, 2.45) is 0 Å². The summed E-state index contributed by atoms with van der Waals surface area (Å²) in [5, 5.41) is 0. The number of aromatic nitrogens is 4. The number of benzene rings is 4. The lowest BCUT2D eigenvalue weighted by molar-refractivity contribution is 1.30. The van der Waals surface area contributed by atoms with Crippen LogP contribution in [0.25, 0.3) is 90.9 Å². The topological polar surface area (TPSA) is 57.4 Å². The smallest absolute Gasteiger partial charge is 0.0737 e. The van der Waals surface area contributed by atoms with E-state index in [0.717, 1.165) is 121 Å². The summed E-state index contributed by atoms with van der Waals surface area (Å²) in [7, 11) is 0. The van der Waals surface area contributed by atoms with Crippen molar-refractivity contribution in [2.45, 2.75) is 4.90 Å². The molecule has 268 valence electrons. The van der Waals surface area contributed by atoms with Crippen LogP contribution in [0, 0.1) is 0 Å². The van der Waals surface area contributed by atoms with Crippen molar-refractivity contribution in [3.63, 3.8) is 0 Å². The monoisotopic (exact) mass is 1110 g/mol. The fourth-order valence-electron chi connectivity index (χ4n) is 7.18. The normalized spacial score (nSPS) is 12.1. The standard InChI is InChI=1S/C44H24Br6N4S/c45-25-13-22(14-26(46)19-25)41-32-5-7-34(51-32)42(23-15-27(47)20-28(48)16-23)36-9-11-38(53-36)44(31-3-1-2-4-40(31)55)39-12-10-37(54-39)43(35-8-6-33(41)52-35)24-17-29(49)21-30(50)18-24/h1-21,51,54-55H. The fourth-order valence-corrected chi connectivity index (χ4v) is 11.3. The van der Waals surface area contributed by atoms with E-state index in [1.54, 1.807) is 0 Å². The van der Waals surface area contributed by atoms with Gasteiger partial charge < -0.3 is 9.97 Å². The Morgan fingerprint density at radius 1 is 0.382 bits per heavy atom. The summed E-state index contributed by atoms with van der Waals surface area (Å²) in [6.07, 6.45) is 8.39.